The van der Waals surface area contributed by atoms with Gasteiger partial charge in [-0.2, -0.15) is 0 Å². The maximum atomic E-state index is 8.33. The Bertz CT molecular complexity index is 107. The first-order valence-corrected chi connectivity index (χ1v) is 3.33. The van der Waals surface area contributed by atoms with Crippen LogP contribution in [0.4, 0.5) is 0 Å². The van der Waals surface area contributed by atoms with Gasteiger partial charge in [-0.25, -0.2) is 0 Å². The zero-order valence-electron chi connectivity index (χ0n) is 6.36. The standard InChI is InChI=1S/C6H12O5/c1-8-6-5(2-9-3-7)10-4-11-6/h5-7H,2-4H2,1H3. The minimum absolute atomic E-state index is 0.220. The number of hydrogen-bond acceptors (Lipinski definition) is 5. The van der Waals surface area contributed by atoms with Crippen LogP contribution in [0.25, 0.3) is 0 Å². The SMILES string of the molecule is COC1OCOC1COCO. The van der Waals surface area contributed by atoms with Crippen LogP contribution in [0.15, 0.2) is 0 Å². The van der Waals surface area contributed by atoms with E-state index in [1.165, 1.54) is 7.11 Å². The van der Waals surface area contributed by atoms with Crippen molar-refractivity contribution in [1.29, 1.82) is 0 Å². The molecule has 2 atom stereocenters. The van der Waals surface area contributed by atoms with Gasteiger partial charge in [0.1, 0.15) is 12.9 Å². The Hall–Kier alpha value is -0.200. The molecule has 0 radical (unpaired) electrons. The Morgan fingerprint density at radius 3 is 3.00 bits per heavy atom. The van der Waals surface area contributed by atoms with E-state index < -0.39 is 0 Å². The molecule has 2 unspecified atom stereocenters. The fourth-order valence-corrected chi connectivity index (χ4v) is 0.895. The van der Waals surface area contributed by atoms with Gasteiger partial charge < -0.3 is 24.1 Å². The Labute approximate surface area is 64.8 Å². The minimum atomic E-state index is -0.374. The second kappa shape index (κ2) is 4.63. The summed E-state index contributed by atoms with van der Waals surface area (Å²) in [6.45, 7) is 0.198. The Balaban J connectivity index is 2.20. The summed E-state index contributed by atoms with van der Waals surface area (Å²) >= 11 is 0. The summed E-state index contributed by atoms with van der Waals surface area (Å²) in [4.78, 5) is 0. The second-order valence-corrected chi connectivity index (χ2v) is 2.09. The van der Waals surface area contributed by atoms with Gasteiger partial charge in [0, 0.05) is 7.11 Å². The van der Waals surface area contributed by atoms with Crippen LogP contribution in [0.1, 0.15) is 0 Å². The molecule has 0 saturated carbocycles. The number of rotatable bonds is 4. The third kappa shape index (κ3) is 2.39. The van der Waals surface area contributed by atoms with Crippen molar-refractivity contribution in [3.8, 4) is 0 Å². The average molecular weight is 164 g/mol. The van der Waals surface area contributed by atoms with Crippen molar-refractivity contribution in [3.63, 3.8) is 0 Å². The third-order valence-electron chi connectivity index (χ3n) is 1.42. The molecule has 1 saturated heterocycles. The third-order valence-corrected chi connectivity index (χ3v) is 1.42. The molecule has 1 heterocycles. The highest BCUT2D eigenvalue weighted by Gasteiger charge is 2.28. The molecule has 1 fully saturated rings. The molecule has 0 aromatic rings. The fraction of sp³-hybridized carbons (Fsp3) is 1.00. The van der Waals surface area contributed by atoms with Crippen molar-refractivity contribution in [2.24, 2.45) is 0 Å². The Morgan fingerprint density at radius 2 is 2.36 bits per heavy atom. The summed E-state index contributed by atoms with van der Waals surface area (Å²) < 4.78 is 19.7. The predicted molar refractivity (Wildman–Crippen MR) is 34.7 cm³/mol. The molecule has 1 rings (SSSR count). The lowest BCUT2D eigenvalue weighted by molar-refractivity contribution is -0.115. The van der Waals surface area contributed by atoms with Crippen molar-refractivity contribution in [2.75, 3.05) is 27.3 Å². The van der Waals surface area contributed by atoms with E-state index in [1.807, 2.05) is 0 Å². The van der Waals surface area contributed by atoms with Gasteiger partial charge in [-0.3, -0.25) is 0 Å². The maximum absolute atomic E-state index is 8.33. The van der Waals surface area contributed by atoms with Crippen LogP contribution in [0.3, 0.4) is 0 Å². The molecule has 66 valence electrons. The zero-order chi connectivity index (χ0) is 8.10. The van der Waals surface area contributed by atoms with Gasteiger partial charge >= 0.3 is 0 Å². The molecular formula is C6H12O5. The molecule has 0 aromatic heterocycles. The lowest BCUT2D eigenvalue weighted by Crippen LogP contribution is -2.29. The molecule has 0 bridgehead atoms. The first-order valence-electron chi connectivity index (χ1n) is 3.33. The molecule has 5 nitrogen and oxygen atoms in total. The first kappa shape index (κ1) is 8.89. The summed E-state index contributed by atoms with van der Waals surface area (Å²) in [5, 5.41) is 8.33. The fourth-order valence-electron chi connectivity index (χ4n) is 0.895. The monoisotopic (exact) mass is 164 g/mol. The number of hydrogen-bond donors (Lipinski definition) is 1. The first-order chi connectivity index (χ1) is 5.38. The summed E-state index contributed by atoms with van der Waals surface area (Å²) in [7, 11) is 1.53. The molecule has 0 aliphatic carbocycles. The van der Waals surface area contributed by atoms with Crippen molar-refractivity contribution in [1.82, 2.24) is 0 Å². The Morgan fingerprint density at radius 1 is 1.55 bits per heavy atom. The lowest BCUT2D eigenvalue weighted by atomic mass is 10.4. The Kier molecular flexibility index (Phi) is 3.74. The van der Waals surface area contributed by atoms with E-state index >= 15 is 0 Å². The van der Waals surface area contributed by atoms with Crippen LogP contribution in [-0.4, -0.2) is 44.8 Å². The van der Waals surface area contributed by atoms with Gasteiger partial charge in [0.25, 0.3) is 0 Å². The molecule has 0 aromatic carbocycles. The number of aliphatic hydroxyl groups excluding tert-OH is 1. The van der Waals surface area contributed by atoms with Crippen LogP contribution in [0.2, 0.25) is 0 Å². The van der Waals surface area contributed by atoms with Crippen molar-refractivity contribution < 1.29 is 24.1 Å². The average Bonchev–Trinajstić information content (AvgIpc) is 2.47. The van der Waals surface area contributed by atoms with Gasteiger partial charge in [0.2, 0.25) is 0 Å². The van der Waals surface area contributed by atoms with E-state index in [0.29, 0.717) is 0 Å². The van der Waals surface area contributed by atoms with Crippen LogP contribution in [0, 0.1) is 0 Å². The normalized spacial score (nSPS) is 31.1. The summed E-state index contributed by atoms with van der Waals surface area (Å²) in [5.74, 6) is 0. The smallest absolute Gasteiger partial charge is 0.188 e. The quantitative estimate of drug-likeness (QED) is 0.557. The van der Waals surface area contributed by atoms with Crippen molar-refractivity contribution in [2.45, 2.75) is 12.4 Å². The number of methoxy groups -OCH3 is 1. The predicted octanol–water partition coefficient (Wildman–Crippen LogP) is -0.702. The number of aliphatic hydroxyl groups is 1. The van der Waals surface area contributed by atoms with Crippen LogP contribution in [0.5, 0.6) is 0 Å². The van der Waals surface area contributed by atoms with Gasteiger partial charge in [-0.05, 0) is 0 Å². The van der Waals surface area contributed by atoms with Crippen LogP contribution < -0.4 is 0 Å². The van der Waals surface area contributed by atoms with Crippen molar-refractivity contribution in [3.05, 3.63) is 0 Å². The topological polar surface area (TPSA) is 57.2 Å². The maximum Gasteiger partial charge on any atom is 0.188 e. The molecular weight excluding hydrogens is 152 g/mol. The molecule has 0 amide bonds. The molecule has 1 aliphatic rings. The summed E-state index contributed by atoms with van der Waals surface area (Å²) in [6.07, 6.45) is -0.603. The highest BCUT2D eigenvalue weighted by atomic mass is 16.8. The van der Waals surface area contributed by atoms with E-state index in [1.54, 1.807) is 0 Å². The van der Waals surface area contributed by atoms with Gasteiger partial charge in [-0.1, -0.05) is 0 Å². The van der Waals surface area contributed by atoms with E-state index in [-0.39, 0.29) is 32.6 Å². The molecule has 5 heteroatoms. The molecule has 1 N–H and O–H groups in total. The zero-order valence-corrected chi connectivity index (χ0v) is 6.36. The van der Waals surface area contributed by atoms with E-state index in [2.05, 4.69) is 0 Å². The van der Waals surface area contributed by atoms with Crippen LogP contribution in [-0.2, 0) is 18.9 Å². The van der Waals surface area contributed by atoms with E-state index in [0.717, 1.165) is 0 Å². The minimum Gasteiger partial charge on any atom is -0.371 e. The largest absolute Gasteiger partial charge is 0.371 e. The molecule has 0 spiro atoms. The van der Waals surface area contributed by atoms with Gasteiger partial charge in [0.05, 0.1) is 6.61 Å². The second-order valence-electron chi connectivity index (χ2n) is 2.09. The highest BCUT2D eigenvalue weighted by molar-refractivity contribution is 4.64. The highest BCUT2D eigenvalue weighted by Crippen LogP contribution is 2.13. The molecule has 11 heavy (non-hydrogen) atoms. The lowest BCUT2D eigenvalue weighted by Gasteiger charge is -2.13. The van der Waals surface area contributed by atoms with Crippen LogP contribution >= 0.6 is 0 Å². The summed E-state index contributed by atoms with van der Waals surface area (Å²) in [6, 6.07) is 0. The van der Waals surface area contributed by atoms with Crippen molar-refractivity contribution >= 4 is 0 Å². The van der Waals surface area contributed by atoms with Gasteiger partial charge in [-0.15, -0.1) is 0 Å². The number of ether oxygens (including phenoxy) is 4. The van der Waals surface area contributed by atoms with E-state index in [4.69, 9.17) is 24.1 Å². The summed E-state index contributed by atoms with van der Waals surface area (Å²) in [5.41, 5.74) is 0. The van der Waals surface area contributed by atoms with E-state index in [9.17, 15) is 0 Å². The van der Waals surface area contributed by atoms with Gasteiger partial charge in [0.15, 0.2) is 13.1 Å². The molecule has 1 aliphatic heterocycles.